The van der Waals surface area contributed by atoms with Crippen molar-refractivity contribution in [2.75, 3.05) is 6.54 Å². The Labute approximate surface area is 101 Å². The number of nitrogens with two attached hydrogens (primary N) is 1. The van der Waals surface area contributed by atoms with Crippen LogP contribution in [0.15, 0.2) is 60.2 Å². The predicted octanol–water partition coefficient (Wildman–Crippen LogP) is 1.26. The topological polar surface area (TPSA) is 26.0 Å². The van der Waals surface area contributed by atoms with E-state index in [9.17, 15) is 0 Å². The van der Waals surface area contributed by atoms with Gasteiger partial charge in [0.25, 0.3) is 0 Å². The molecule has 0 saturated heterocycles. The Balaban J connectivity index is 2.41. The number of rotatable bonds is 1. The average Bonchev–Trinajstić information content (AvgIpc) is 2.57. The fourth-order valence-corrected chi connectivity index (χ4v) is 2.53. The summed E-state index contributed by atoms with van der Waals surface area (Å²) in [5.41, 5.74) is 8.52. The van der Waals surface area contributed by atoms with Gasteiger partial charge in [0.05, 0.1) is 0 Å². The Bertz CT molecular complexity index is 644. The largest absolute Gasteiger partial charge is 0.330 e. The van der Waals surface area contributed by atoms with Gasteiger partial charge in [0.15, 0.2) is 0 Å². The lowest BCUT2D eigenvalue weighted by atomic mass is 9.86. The lowest BCUT2D eigenvalue weighted by Gasteiger charge is -2.19. The van der Waals surface area contributed by atoms with Crippen LogP contribution < -0.4 is 16.2 Å². The third-order valence-corrected chi connectivity index (χ3v) is 3.36. The van der Waals surface area contributed by atoms with Gasteiger partial charge in [0.1, 0.15) is 0 Å². The second-order valence-corrected chi connectivity index (χ2v) is 4.38. The molecule has 1 heteroatoms. The second kappa shape index (κ2) is 4.19. The van der Waals surface area contributed by atoms with Crippen LogP contribution in [-0.2, 0) is 0 Å². The van der Waals surface area contributed by atoms with E-state index in [4.69, 9.17) is 5.73 Å². The van der Waals surface area contributed by atoms with Crippen LogP contribution in [0.5, 0.6) is 0 Å². The van der Waals surface area contributed by atoms with E-state index in [1.807, 2.05) is 0 Å². The Morgan fingerprint density at radius 3 is 2.82 bits per heavy atom. The highest BCUT2D eigenvalue weighted by Crippen LogP contribution is 2.26. The van der Waals surface area contributed by atoms with Crippen molar-refractivity contribution >= 4 is 11.6 Å². The highest BCUT2D eigenvalue weighted by atomic mass is 14.5. The first-order valence-corrected chi connectivity index (χ1v) is 5.97. The number of hydrogen-bond donors (Lipinski definition) is 1. The molecule has 2 N–H and O–H groups in total. The van der Waals surface area contributed by atoms with Gasteiger partial charge in [0, 0.05) is 12.5 Å². The summed E-state index contributed by atoms with van der Waals surface area (Å²) in [4.78, 5) is 0. The van der Waals surface area contributed by atoms with Crippen LogP contribution in [0.2, 0.25) is 0 Å². The molecule has 1 aromatic rings. The van der Waals surface area contributed by atoms with Gasteiger partial charge in [-0.3, -0.25) is 0 Å². The smallest absolute Gasteiger partial charge is 0.0156 e. The lowest BCUT2D eigenvalue weighted by Crippen LogP contribution is -2.31. The van der Waals surface area contributed by atoms with Gasteiger partial charge >= 0.3 is 0 Å². The Kier molecular flexibility index (Phi) is 2.54. The van der Waals surface area contributed by atoms with Gasteiger partial charge < -0.3 is 5.73 Å². The summed E-state index contributed by atoms with van der Waals surface area (Å²) in [6.07, 6.45) is 12.9. The fraction of sp³-hybridized carbons (Fsp3) is 0.125. The minimum atomic E-state index is 0.326. The summed E-state index contributed by atoms with van der Waals surface area (Å²) in [5, 5.41) is 2.58. The van der Waals surface area contributed by atoms with Crippen molar-refractivity contribution in [3.63, 3.8) is 0 Å². The van der Waals surface area contributed by atoms with Crippen molar-refractivity contribution < 1.29 is 0 Å². The van der Waals surface area contributed by atoms with Gasteiger partial charge in [-0.2, -0.15) is 0 Å². The zero-order valence-electron chi connectivity index (χ0n) is 9.64. The molecule has 0 saturated carbocycles. The molecule has 1 unspecified atom stereocenters. The van der Waals surface area contributed by atoms with E-state index in [1.54, 1.807) is 0 Å². The minimum absolute atomic E-state index is 0.326. The molecule has 0 bridgehead atoms. The van der Waals surface area contributed by atoms with Crippen LogP contribution in [0.4, 0.5) is 0 Å². The zero-order chi connectivity index (χ0) is 11.7. The quantitative estimate of drug-likeness (QED) is 0.759. The molecule has 1 nitrogen and oxygen atoms in total. The van der Waals surface area contributed by atoms with Crippen molar-refractivity contribution in [1.82, 2.24) is 0 Å². The highest BCUT2D eigenvalue weighted by Gasteiger charge is 2.16. The molecule has 3 rings (SSSR count). The Morgan fingerprint density at radius 1 is 1.06 bits per heavy atom. The van der Waals surface area contributed by atoms with Crippen LogP contribution in [0.3, 0.4) is 0 Å². The normalized spacial score (nSPS) is 21.1. The summed E-state index contributed by atoms with van der Waals surface area (Å²) in [7, 11) is 0. The molecule has 0 fully saturated rings. The van der Waals surface area contributed by atoms with E-state index >= 15 is 0 Å². The molecule has 0 heterocycles. The third kappa shape index (κ3) is 1.69. The van der Waals surface area contributed by atoms with Gasteiger partial charge in [-0.1, -0.05) is 60.7 Å². The molecule has 84 valence electrons. The van der Waals surface area contributed by atoms with E-state index in [2.05, 4.69) is 60.7 Å². The van der Waals surface area contributed by atoms with Crippen LogP contribution in [0.25, 0.3) is 11.6 Å². The van der Waals surface area contributed by atoms with Gasteiger partial charge in [-0.15, -0.1) is 0 Å². The maximum atomic E-state index is 5.88. The van der Waals surface area contributed by atoms with Crippen molar-refractivity contribution in [2.45, 2.75) is 0 Å². The molecule has 2 aliphatic rings. The first-order chi connectivity index (χ1) is 8.40. The molecule has 1 atom stereocenters. The van der Waals surface area contributed by atoms with Crippen molar-refractivity contribution in [1.29, 1.82) is 0 Å². The minimum Gasteiger partial charge on any atom is -0.330 e. The molecule has 2 aliphatic carbocycles. The second-order valence-electron chi connectivity index (χ2n) is 4.38. The number of benzene rings is 1. The third-order valence-electron chi connectivity index (χ3n) is 3.36. The maximum absolute atomic E-state index is 5.88. The molecular formula is C16H15N. The Morgan fingerprint density at radius 2 is 1.94 bits per heavy atom. The predicted molar refractivity (Wildman–Crippen MR) is 72.5 cm³/mol. The van der Waals surface area contributed by atoms with Crippen molar-refractivity contribution in [3.8, 4) is 0 Å². The molecule has 0 spiro atoms. The van der Waals surface area contributed by atoms with Crippen LogP contribution in [-0.4, -0.2) is 6.54 Å². The van der Waals surface area contributed by atoms with Gasteiger partial charge in [-0.25, -0.2) is 0 Å². The van der Waals surface area contributed by atoms with Crippen molar-refractivity contribution in [2.24, 2.45) is 11.7 Å². The monoisotopic (exact) mass is 221 g/mol. The number of fused-ring (bicyclic) bond motifs is 2. The molecule has 17 heavy (non-hydrogen) atoms. The molecule has 0 aliphatic heterocycles. The average molecular weight is 221 g/mol. The molecule has 0 amide bonds. The summed E-state index contributed by atoms with van der Waals surface area (Å²) in [6, 6.07) is 8.51. The first-order valence-electron chi connectivity index (χ1n) is 5.97. The van der Waals surface area contributed by atoms with Crippen LogP contribution in [0.1, 0.15) is 0 Å². The summed E-state index contributed by atoms with van der Waals surface area (Å²) < 4.78 is 0. The first kappa shape index (κ1) is 10.3. The van der Waals surface area contributed by atoms with E-state index in [0.29, 0.717) is 12.5 Å². The summed E-state index contributed by atoms with van der Waals surface area (Å²) in [5.74, 6) is 0.326. The van der Waals surface area contributed by atoms with E-state index in [0.717, 1.165) is 0 Å². The molecule has 0 radical (unpaired) electrons. The Hall–Kier alpha value is -1.86. The van der Waals surface area contributed by atoms with E-state index < -0.39 is 0 Å². The van der Waals surface area contributed by atoms with E-state index in [-0.39, 0.29) is 0 Å². The molecule has 0 aromatic heterocycles. The summed E-state index contributed by atoms with van der Waals surface area (Å²) >= 11 is 0. The standard InChI is InChI=1S/C16H15N/c17-11-14-9-4-8-13-7-3-6-12-5-1-2-10-15(12)16(13)14/h1-10,14H,11,17H2. The number of allylic oxidation sites excluding steroid dienone is 5. The van der Waals surface area contributed by atoms with Gasteiger partial charge in [0.2, 0.25) is 0 Å². The lowest BCUT2D eigenvalue weighted by molar-refractivity contribution is 0.830. The van der Waals surface area contributed by atoms with E-state index in [1.165, 1.54) is 21.6 Å². The van der Waals surface area contributed by atoms with Crippen LogP contribution >= 0.6 is 0 Å². The molecular weight excluding hydrogens is 206 g/mol. The van der Waals surface area contributed by atoms with Crippen LogP contribution in [0, 0.1) is 5.92 Å². The number of hydrogen-bond acceptors (Lipinski definition) is 1. The summed E-state index contributed by atoms with van der Waals surface area (Å²) in [6.45, 7) is 0.658. The fourth-order valence-electron chi connectivity index (χ4n) is 2.53. The molecule has 1 aromatic carbocycles. The highest BCUT2D eigenvalue weighted by molar-refractivity contribution is 5.76. The van der Waals surface area contributed by atoms with Crippen molar-refractivity contribution in [3.05, 3.63) is 70.7 Å². The maximum Gasteiger partial charge on any atom is 0.0156 e. The zero-order valence-corrected chi connectivity index (χ0v) is 9.64. The SMILES string of the molecule is NCC1C=CC=C2C=CC=c3ccccc3=C21. The van der Waals surface area contributed by atoms with Gasteiger partial charge in [-0.05, 0) is 21.6 Å².